The summed E-state index contributed by atoms with van der Waals surface area (Å²) in [4.78, 5) is 12.1. The van der Waals surface area contributed by atoms with Gasteiger partial charge in [-0.2, -0.15) is 15.4 Å². The van der Waals surface area contributed by atoms with Gasteiger partial charge in [-0.3, -0.25) is 4.79 Å². The molecule has 0 aliphatic rings. The molecule has 0 aliphatic heterocycles. The third-order valence-electron chi connectivity index (χ3n) is 3.06. The van der Waals surface area contributed by atoms with Crippen LogP contribution in [0, 0.1) is 5.92 Å². The fourth-order valence-electron chi connectivity index (χ4n) is 2.31. The molecule has 0 spiro atoms. The molecule has 1 atom stereocenters. The van der Waals surface area contributed by atoms with Crippen LogP contribution < -0.4 is 5.32 Å². The SMILES string of the molecule is CC(C)CC(C)(O)CNC(=O)c1ccc2n[nH]nc2c1. The zero-order valence-electron chi connectivity index (χ0n) is 12.0. The first-order chi connectivity index (χ1) is 9.37. The Hall–Kier alpha value is -1.95. The van der Waals surface area contributed by atoms with Crippen LogP contribution in [0.2, 0.25) is 0 Å². The largest absolute Gasteiger partial charge is 0.388 e. The predicted molar refractivity (Wildman–Crippen MR) is 76.3 cm³/mol. The Morgan fingerprint density at radius 3 is 2.80 bits per heavy atom. The number of fused-ring (bicyclic) bond motifs is 1. The molecule has 0 radical (unpaired) electrons. The van der Waals surface area contributed by atoms with Crippen molar-refractivity contribution in [3.05, 3.63) is 23.8 Å². The topological polar surface area (TPSA) is 90.9 Å². The van der Waals surface area contributed by atoms with E-state index in [1.54, 1.807) is 25.1 Å². The molecule has 0 bridgehead atoms. The first kappa shape index (κ1) is 14.5. The van der Waals surface area contributed by atoms with Crippen LogP contribution in [0.4, 0.5) is 0 Å². The molecule has 20 heavy (non-hydrogen) atoms. The number of aromatic amines is 1. The van der Waals surface area contributed by atoms with E-state index in [4.69, 9.17) is 0 Å². The van der Waals surface area contributed by atoms with Crippen LogP contribution >= 0.6 is 0 Å². The van der Waals surface area contributed by atoms with Crippen LogP contribution in [-0.2, 0) is 0 Å². The highest BCUT2D eigenvalue weighted by atomic mass is 16.3. The predicted octanol–water partition coefficient (Wildman–Crippen LogP) is 1.48. The number of carbonyl (C=O) groups is 1. The summed E-state index contributed by atoms with van der Waals surface area (Å²) in [5, 5.41) is 23.3. The van der Waals surface area contributed by atoms with Crippen molar-refractivity contribution in [2.24, 2.45) is 5.92 Å². The molecule has 0 fully saturated rings. The van der Waals surface area contributed by atoms with Gasteiger partial charge in [-0.15, -0.1) is 0 Å². The quantitative estimate of drug-likeness (QED) is 0.771. The van der Waals surface area contributed by atoms with Gasteiger partial charge in [0.25, 0.3) is 5.91 Å². The summed E-state index contributed by atoms with van der Waals surface area (Å²) in [5.41, 5.74) is 0.966. The average Bonchev–Trinajstić information content (AvgIpc) is 2.81. The Labute approximate surface area is 117 Å². The van der Waals surface area contributed by atoms with E-state index in [-0.39, 0.29) is 12.5 Å². The Morgan fingerprint density at radius 1 is 1.40 bits per heavy atom. The minimum absolute atomic E-state index is 0.223. The molecule has 3 N–H and O–H groups in total. The molecule has 0 aliphatic carbocycles. The maximum absolute atomic E-state index is 12.1. The number of carbonyl (C=O) groups excluding carboxylic acids is 1. The van der Waals surface area contributed by atoms with Gasteiger partial charge in [0.2, 0.25) is 0 Å². The van der Waals surface area contributed by atoms with Crippen molar-refractivity contribution in [1.82, 2.24) is 20.7 Å². The highest BCUT2D eigenvalue weighted by molar-refractivity contribution is 5.97. The van der Waals surface area contributed by atoms with E-state index >= 15 is 0 Å². The molecule has 1 aromatic heterocycles. The van der Waals surface area contributed by atoms with Gasteiger partial charge in [-0.05, 0) is 37.5 Å². The van der Waals surface area contributed by atoms with E-state index in [9.17, 15) is 9.90 Å². The fraction of sp³-hybridized carbons (Fsp3) is 0.500. The number of amides is 1. The normalized spacial score (nSPS) is 14.4. The maximum atomic E-state index is 12.1. The van der Waals surface area contributed by atoms with Crippen molar-refractivity contribution >= 4 is 16.9 Å². The van der Waals surface area contributed by atoms with Crippen molar-refractivity contribution < 1.29 is 9.90 Å². The molecule has 1 amide bonds. The monoisotopic (exact) mass is 276 g/mol. The fourth-order valence-corrected chi connectivity index (χ4v) is 2.31. The van der Waals surface area contributed by atoms with Crippen LogP contribution in [0.1, 0.15) is 37.6 Å². The minimum Gasteiger partial charge on any atom is -0.388 e. The van der Waals surface area contributed by atoms with Crippen molar-refractivity contribution in [2.45, 2.75) is 32.8 Å². The number of hydrogen-bond acceptors (Lipinski definition) is 4. The van der Waals surface area contributed by atoms with Crippen LogP contribution in [0.3, 0.4) is 0 Å². The first-order valence-corrected chi connectivity index (χ1v) is 6.68. The number of nitrogens with one attached hydrogen (secondary N) is 2. The van der Waals surface area contributed by atoms with Crippen LogP contribution in [0.25, 0.3) is 11.0 Å². The number of benzene rings is 1. The molecule has 1 unspecified atom stereocenters. The number of aliphatic hydroxyl groups is 1. The van der Waals surface area contributed by atoms with Gasteiger partial charge in [0, 0.05) is 12.1 Å². The molecule has 108 valence electrons. The Balaban J connectivity index is 2.01. The maximum Gasteiger partial charge on any atom is 0.251 e. The van der Waals surface area contributed by atoms with E-state index in [1.165, 1.54) is 0 Å². The van der Waals surface area contributed by atoms with E-state index in [0.29, 0.717) is 28.9 Å². The summed E-state index contributed by atoms with van der Waals surface area (Å²) in [6.45, 7) is 6.03. The van der Waals surface area contributed by atoms with E-state index in [1.807, 2.05) is 13.8 Å². The van der Waals surface area contributed by atoms with E-state index < -0.39 is 5.60 Å². The second-order valence-electron chi connectivity index (χ2n) is 5.80. The summed E-state index contributed by atoms with van der Waals surface area (Å²) < 4.78 is 0. The second kappa shape index (κ2) is 5.58. The first-order valence-electron chi connectivity index (χ1n) is 6.68. The number of H-pyrrole nitrogens is 1. The highest BCUT2D eigenvalue weighted by Gasteiger charge is 2.22. The summed E-state index contributed by atoms with van der Waals surface area (Å²) >= 11 is 0. The van der Waals surface area contributed by atoms with Crippen molar-refractivity contribution in [2.75, 3.05) is 6.54 Å². The number of aromatic nitrogens is 3. The average molecular weight is 276 g/mol. The summed E-state index contributed by atoms with van der Waals surface area (Å²) in [5.74, 6) is 0.146. The lowest BCUT2D eigenvalue weighted by Gasteiger charge is -2.25. The smallest absolute Gasteiger partial charge is 0.251 e. The van der Waals surface area contributed by atoms with Crippen molar-refractivity contribution in [1.29, 1.82) is 0 Å². The lowest BCUT2D eigenvalue weighted by atomic mass is 9.94. The minimum atomic E-state index is -0.901. The highest BCUT2D eigenvalue weighted by Crippen LogP contribution is 2.16. The molecular weight excluding hydrogens is 256 g/mol. The Morgan fingerprint density at radius 2 is 2.10 bits per heavy atom. The van der Waals surface area contributed by atoms with Gasteiger partial charge in [-0.1, -0.05) is 13.8 Å². The molecule has 6 nitrogen and oxygen atoms in total. The zero-order chi connectivity index (χ0) is 14.8. The van der Waals surface area contributed by atoms with Crippen LogP contribution in [0.5, 0.6) is 0 Å². The van der Waals surface area contributed by atoms with Gasteiger partial charge in [0.05, 0.1) is 5.60 Å². The summed E-state index contributed by atoms with van der Waals surface area (Å²) in [6.07, 6.45) is 0.635. The van der Waals surface area contributed by atoms with E-state index in [0.717, 1.165) is 0 Å². The van der Waals surface area contributed by atoms with E-state index in [2.05, 4.69) is 20.7 Å². The summed E-state index contributed by atoms with van der Waals surface area (Å²) in [7, 11) is 0. The van der Waals surface area contributed by atoms with Gasteiger partial charge in [0.15, 0.2) is 0 Å². The molecular formula is C14H20N4O2. The van der Waals surface area contributed by atoms with Crippen molar-refractivity contribution in [3.8, 4) is 0 Å². The molecule has 0 saturated carbocycles. The Bertz CT molecular complexity index is 604. The Kier molecular flexibility index (Phi) is 4.04. The van der Waals surface area contributed by atoms with Crippen LogP contribution in [-0.4, -0.2) is 38.6 Å². The molecule has 1 aromatic carbocycles. The number of nitrogens with zero attached hydrogens (tertiary/aromatic N) is 2. The zero-order valence-corrected chi connectivity index (χ0v) is 12.0. The molecule has 6 heteroatoms. The van der Waals surface area contributed by atoms with Crippen molar-refractivity contribution in [3.63, 3.8) is 0 Å². The third kappa shape index (κ3) is 3.54. The molecule has 1 heterocycles. The summed E-state index contributed by atoms with van der Waals surface area (Å²) in [6, 6.07) is 5.10. The third-order valence-corrected chi connectivity index (χ3v) is 3.06. The molecule has 2 aromatic rings. The van der Waals surface area contributed by atoms with Crippen LogP contribution in [0.15, 0.2) is 18.2 Å². The van der Waals surface area contributed by atoms with Gasteiger partial charge < -0.3 is 10.4 Å². The number of rotatable bonds is 5. The lowest BCUT2D eigenvalue weighted by molar-refractivity contribution is 0.0368. The van der Waals surface area contributed by atoms with Gasteiger partial charge in [-0.25, -0.2) is 0 Å². The standard InChI is InChI=1S/C14H20N4O2/c1-9(2)7-14(3,20)8-15-13(19)10-4-5-11-12(6-10)17-18-16-11/h4-6,9,20H,7-8H2,1-3H3,(H,15,19)(H,16,17,18). The van der Waals surface area contributed by atoms with Gasteiger partial charge >= 0.3 is 0 Å². The number of hydrogen-bond donors (Lipinski definition) is 3. The second-order valence-corrected chi connectivity index (χ2v) is 5.80. The molecule has 2 rings (SSSR count). The molecule has 0 saturated heterocycles. The lowest BCUT2D eigenvalue weighted by Crippen LogP contribution is -2.41. The van der Waals surface area contributed by atoms with Gasteiger partial charge in [0.1, 0.15) is 11.0 Å².